The van der Waals surface area contributed by atoms with Crippen LogP contribution in [0.15, 0.2) is 54.6 Å². The second kappa shape index (κ2) is 7.79. The molecule has 3 heteroatoms. The molecule has 0 spiro atoms. The van der Waals surface area contributed by atoms with E-state index in [9.17, 15) is 4.39 Å². The molecular formula is C18H22FNO. The number of halogens is 1. The van der Waals surface area contributed by atoms with Gasteiger partial charge in [0.15, 0.2) is 11.6 Å². The summed E-state index contributed by atoms with van der Waals surface area (Å²) in [6, 6.07) is 16.4. The summed E-state index contributed by atoms with van der Waals surface area (Å²) in [5.41, 5.74) is 1.04. The maximum atomic E-state index is 13.8. The first kappa shape index (κ1) is 15.5. The lowest BCUT2D eigenvalue weighted by Gasteiger charge is -2.21. The Morgan fingerprint density at radius 2 is 1.62 bits per heavy atom. The van der Waals surface area contributed by atoms with E-state index in [-0.39, 0.29) is 17.7 Å². The average molecular weight is 287 g/mol. The fourth-order valence-electron chi connectivity index (χ4n) is 2.09. The number of nitrogens with one attached hydrogen (secondary N) is 1. The van der Waals surface area contributed by atoms with E-state index < -0.39 is 0 Å². The minimum atomic E-state index is -0.331. The fourth-order valence-corrected chi connectivity index (χ4v) is 2.09. The van der Waals surface area contributed by atoms with Gasteiger partial charge in [0.1, 0.15) is 6.10 Å². The van der Waals surface area contributed by atoms with Crippen molar-refractivity contribution in [2.24, 2.45) is 5.92 Å². The molecule has 1 N–H and O–H groups in total. The third-order valence-electron chi connectivity index (χ3n) is 3.16. The Hall–Kier alpha value is -1.87. The van der Waals surface area contributed by atoms with Crippen LogP contribution in [0.25, 0.3) is 0 Å². The van der Waals surface area contributed by atoms with Crippen molar-refractivity contribution in [3.63, 3.8) is 0 Å². The van der Waals surface area contributed by atoms with Crippen LogP contribution in [-0.4, -0.2) is 13.1 Å². The zero-order chi connectivity index (χ0) is 15.1. The molecule has 1 unspecified atom stereocenters. The van der Waals surface area contributed by atoms with E-state index in [2.05, 4.69) is 19.2 Å². The Bertz CT molecular complexity index is 542. The van der Waals surface area contributed by atoms with Gasteiger partial charge < -0.3 is 10.1 Å². The molecular weight excluding hydrogens is 265 g/mol. The summed E-state index contributed by atoms with van der Waals surface area (Å²) in [6.07, 6.45) is -0.207. The second-order valence-corrected chi connectivity index (χ2v) is 5.50. The van der Waals surface area contributed by atoms with Crippen LogP contribution in [0.5, 0.6) is 5.75 Å². The Morgan fingerprint density at radius 3 is 2.29 bits per heavy atom. The molecule has 0 aromatic heterocycles. The molecule has 112 valence electrons. The van der Waals surface area contributed by atoms with Crippen molar-refractivity contribution in [2.45, 2.75) is 20.0 Å². The van der Waals surface area contributed by atoms with Gasteiger partial charge in [0.25, 0.3) is 0 Å². The molecule has 0 aliphatic carbocycles. The zero-order valence-electron chi connectivity index (χ0n) is 12.6. The second-order valence-electron chi connectivity index (χ2n) is 5.50. The van der Waals surface area contributed by atoms with Gasteiger partial charge in [0.2, 0.25) is 0 Å². The van der Waals surface area contributed by atoms with E-state index in [1.807, 2.05) is 30.3 Å². The molecule has 2 nitrogen and oxygen atoms in total. The Labute approximate surface area is 126 Å². The SMILES string of the molecule is CC(C)CNCC(Oc1ccccc1F)c1ccccc1. The predicted octanol–water partition coefficient (Wildman–Crippen LogP) is 4.19. The average Bonchev–Trinajstić information content (AvgIpc) is 2.49. The first-order valence-electron chi connectivity index (χ1n) is 7.33. The van der Waals surface area contributed by atoms with Crippen LogP contribution in [0.1, 0.15) is 25.5 Å². The summed E-state index contributed by atoms with van der Waals surface area (Å²) in [5, 5.41) is 3.38. The van der Waals surface area contributed by atoms with Crippen molar-refractivity contribution in [3.8, 4) is 5.75 Å². The Balaban J connectivity index is 2.10. The highest BCUT2D eigenvalue weighted by Gasteiger charge is 2.15. The molecule has 2 aromatic carbocycles. The Morgan fingerprint density at radius 1 is 0.952 bits per heavy atom. The molecule has 0 aliphatic heterocycles. The number of benzene rings is 2. The molecule has 2 rings (SSSR count). The van der Waals surface area contributed by atoms with E-state index >= 15 is 0 Å². The van der Waals surface area contributed by atoms with Gasteiger partial charge in [-0.3, -0.25) is 0 Å². The van der Waals surface area contributed by atoms with Gasteiger partial charge >= 0.3 is 0 Å². The van der Waals surface area contributed by atoms with Crippen LogP contribution in [-0.2, 0) is 0 Å². The zero-order valence-corrected chi connectivity index (χ0v) is 12.6. The fraction of sp³-hybridized carbons (Fsp3) is 0.333. The maximum Gasteiger partial charge on any atom is 0.165 e. The number of hydrogen-bond donors (Lipinski definition) is 1. The summed E-state index contributed by atoms with van der Waals surface area (Å²) < 4.78 is 19.6. The lowest BCUT2D eigenvalue weighted by atomic mass is 10.1. The number of para-hydroxylation sites is 1. The van der Waals surface area contributed by atoms with E-state index in [1.54, 1.807) is 18.2 Å². The van der Waals surface area contributed by atoms with Gasteiger partial charge in [-0.1, -0.05) is 56.3 Å². The molecule has 21 heavy (non-hydrogen) atoms. The first-order valence-corrected chi connectivity index (χ1v) is 7.33. The molecule has 0 saturated heterocycles. The molecule has 0 fully saturated rings. The molecule has 0 aliphatic rings. The monoisotopic (exact) mass is 287 g/mol. The molecule has 0 bridgehead atoms. The van der Waals surface area contributed by atoms with Crippen molar-refractivity contribution >= 4 is 0 Å². The lowest BCUT2D eigenvalue weighted by molar-refractivity contribution is 0.191. The highest BCUT2D eigenvalue weighted by atomic mass is 19.1. The normalized spacial score (nSPS) is 12.4. The minimum Gasteiger partial charge on any atom is -0.481 e. The van der Waals surface area contributed by atoms with Gasteiger partial charge in [-0.25, -0.2) is 4.39 Å². The van der Waals surface area contributed by atoms with Crippen LogP contribution in [0.3, 0.4) is 0 Å². The summed E-state index contributed by atoms with van der Waals surface area (Å²) >= 11 is 0. The summed E-state index contributed by atoms with van der Waals surface area (Å²) in [4.78, 5) is 0. The van der Waals surface area contributed by atoms with Gasteiger partial charge in [-0.05, 0) is 30.2 Å². The molecule has 0 heterocycles. The van der Waals surface area contributed by atoms with Crippen molar-refractivity contribution in [2.75, 3.05) is 13.1 Å². The standard InChI is InChI=1S/C18H22FNO/c1-14(2)12-20-13-18(15-8-4-3-5-9-15)21-17-11-7-6-10-16(17)19/h3-11,14,18,20H,12-13H2,1-2H3. The first-order chi connectivity index (χ1) is 10.2. The van der Waals surface area contributed by atoms with Gasteiger partial charge in [-0.15, -0.1) is 0 Å². The van der Waals surface area contributed by atoms with Crippen LogP contribution in [0.4, 0.5) is 4.39 Å². The van der Waals surface area contributed by atoms with Crippen molar-refractivity contribution in [1.82, 2.24) is 5.32 Å². The highest BCUT2D eigenvalue weighted by Crippen LogP contribution is 2.24. The Kier molecular flexibility index (Phi) is 5.76. The molecule has 0 radical (unpaired) electrons. The summed E-state index contributed by atoms with van der Waals surface area (Å²) in [5.74, 6) is 0.523. The molecule has 0 saturated carbocycles. The predicted molar refractivity (Wildman–Crippen MR) is 83.9 cm³/mol. The number of ether oxygens (including phenoxy) is 1. The van der Waals surface area contributed by atoms with Gasteiger partial charge in [0, 0.05) is 6.54 Å². The van der Waals surface area contributed by atoms with Crippen LogP contribution in [0.2, 0.25) is 0 Å². The smallest absolute Gasteiger partial charge is 0.165 e. The largest absolute Gasteiger partial charge is 0.481 e. The van der Waals surface area contributed by atoms with E-state index in [4.69, 9.17) is 4.74 Å². The third-order valence-corrected chi connectivity index (χ3v) is 3.16. The number of hydrogen-bond acceptors (Lipinski definition) is 2. The molecule has 1 atom stereocenters. The van der Waals surface area contributed by atoms with Crippen molar-refractivity contribution in [3.05, 3.63) is 66.0 Å². The summed E-state index contributed by atoms with van der Waals surface area (Å²) in [6.45, 7) is 5.87. The molecule has 2 aromatic rings. The number of rotatable bonds is 7. The lowest BCUT2D eigenvalue weighted by Crippen LogP contribution is -2.28. The van der Waals surface area contributed by atoms with Crippen LogP contribution < -0.4 is 10.1 Å². The highest BCUT2D eigenvalue weighted by molar-refractivity contribution is 5.26. The van der Waals surface area contributed by atoms with E-state index in [1.165, 1.54) is 6.07 Å². The third kappa shape index (κ3) is 4.87. The summed E-state index contributed by atoms with van der Waals surface area (Å²) in [7, 11) is 0. The maximum absolute atomic E-state index is 13.8. The van der Waals surface area contributed by atoms with Crippen LogP contribution >= 0.6 is 0 Å². The van der Waals surface area contributed by atoms with Crippen molar-refractivity contribution < 1.29 is 9.13 Å². The van der Waals surface area contributed by atoms with Gasteiger partial charge in [0.05, 0.1) is 0 Å². The van der Waals surface area contributed by atoms with Crippen molar-refractivity contribution in [1.29, 1.82) is 0 Å². The topological polar surface area (TPSA) is 21.3 Å². The quantitative estimate of drug-likeness (QED) is 0.824. The minimum absolute atomic E-state index is 0.207. The van der Waals surface area contributed by atoms with E-state index in [0.29, 0.717) is 12.5 Å². The van der Waals surface area contributed by atoms with E-state index in [0.717, 1.165) is 12.1 Å². The van der Waals surface area contributed by atoms with Crippen LogP contribution in [0, 0.1) is 11.7 Å². The van der Waals surface area contributed by atoms with Gasteiger partial charge in [-0.2, -0.15) is 0 Å². The molecule has 0 amide bonds.